The first-order valence-corrected chi connectivity index (χ1v) is 7.12. The molecule has 1 heterocycles. The van der Waals surface area contributed by atoms with Crippen LogP contribution in [0.25, 0.3) is 0 Å². The summed E-state index contributed by atoms with van der Waals surface area (Å²) >= 11 is 0. The molecule has 1 unspecified atom stereocenters. The molecular weight excluding hydrogens is 308 g/mol. The molecule has 4 N–H and O–H groups in total. The van der Waals surface area contributed by atoms with E-state index in [1.807, 2.05) is 0 Å². The van der Waals surface area contributed by atoms with Gasteiger partial charge in [-0.3, -0.25) is 4.89 Å². The van der Waals surface area contributed by atoms with Crippen LogP contribution in [0.15, 0.2) is 30.3 Å². The van der Waals surface area contributed by atoms with Gasteiger partial charge in [-0.05, 0) is 5.56 Å². The molecule has 1 aromatic rings. The Balaban J connectivity index is 2.32. The molecule has 0 amide bonds. The van der Waals surface area contributed by atoms with E-state index in [0.29, 0.717) is 5.56 Å². The molecule has 1 aliphatic rings. The van der Waals surface area contributed by atoms with Crippen LogP contribution in [0.4, 0.5) is 0 Å². The third-order valence-corrected chi connectivity index (χ3v) is 3.63. The van der Waals surface area contributed by atoms with Gasteiger partial charge in [-0.1, -0.05) is 30.3 Å². The molecule has 0 aliphatic carbocycles. The number of rotatable bonds is 5. The lowest BCUT2D eigenvalue weighted by atomic mass is 9.89. The number of aliphatic hydroxyl groups excluding tert-OH is 4. The highest BCUT2D eigenvalue weighted by molar-refractivity contribution is 5.65. The van der Waals surface area contributed by atoms with Crippen LogP contribution in [0.1, 0.15) is 12.5 Å². The molecule has 0 aromatic heterocycles. The normalized spacial score (nSPS) is 34.1. The average Bonchev–Trinajstić information content (AvgIpc) is 2.55. The molecular formula is C15H20O8. The maximum Gasteiger partial charge on any atom is 0.339 e. The lowest BCUT2D eigenvalue weighted by Crippen LogP contribution is -2.67. The second-order valence-corrected chi connectivity index (χ2v) is 5.40. The molecule has 0 saturated carbocycles. The van der Waals surface area contributed by atoms with Gasteiger partial charge in [0.2, 0.25) is 5.79 Å². The zero-order valence-electron chi connectivity index (χ0n) is 12.5. The van der Waals surface area contributed by atoms with Crippen molar-refractivity contribution in [2.45, 2.75) is 43.5 Å². The fourth-order valence-electron chi connectivity index (χ4n) is 2.46. The summed E-state index contributed by atoms with van der Waals surface area (Å²) < 4.78 is 5.46. The number of carbonyl (C=O) groups excluding carboxylic acids is 1. The lowest BCUT2D eigenvalue weighted by Gasteiger charge is -2.46. The van der Waals surface area contributed by atoms with Gasteiger partial charge in [-0.15, -0.1) is 4.89 Å². The number of ether oxygens (including phenoxy) is 1. The van der Waals surface area contributed by atoms with Gasteiger partial charge in [0.15, 0.2) is 0 Å². The third kappa shape index (κ3) is 3.86. The van der Waals surface area contributed by atoms with Crippen LogP contribution >= 0.6 is 0 Å². The van der Waals surface area contributed by atoms with Crippen LogP contribution in [-0.4, -0.2) is 63.2 Å². The highest BCUT2D eigenvalue weighted by atomic mass is 17.2. The van der Waals surface area contributed by atoms with Gasteiger partial charge in [0.05, 0.1) is 6.61 Å². The second kappa shape index (κ2) is 7.35. The molecule has 5 atom stereocenters. The number of carbonyl (C=O) groups is 1. The minimum atomic E-state index is -1.96. The molecule has 8 heteroatoms. The van der Waals surface area contributed by atoms with E-state index in [-0.39, 0.29) is 6.42 Å². The van der Waals surface area contributed by atoms with Crippen molar-refractivity contribution in [1.29, 1.82) is 0 Å². The molecule has 1 aliphatic heterocycles. The summed E-state index contributed by atoms with van der Waals surface area (Å²) in [6.45, 7) is 0.477. The van der Waals surface area contributed by atoms with E-state index in [1.165, 1.54) is 0 Å². The van der Waals surface area contributed by atoms with Crippen molar-refractivity contribution in [3.05, 3.63) is 35.9 Å². The SMILES string of the molecule is CC(=O)OOC1(Cc2ccccc2)O[C@H](CO)[C@@H](O)[C@H](O)[C@H]1O. The molecule has 128 valence electrons. The Bertz CT molecular complexity index is 519. The quantitative estimate of drug-likeness (QED) is 0.396. The number of benzene rings is 1. The largest absolute Gasteiger partial charge is 0.394 e. The van der Waals surface area contributed by atoms with Crippen molar-refractivity contribution in [2.75, 3.05) is 6.61 Å². The van der Waals surface area contributed by atoms with Gasteiger partial charge >= 0.3 is 5.97 Å². The fraction of sp³-hybridized carbons (Fsp3) is 0.533. The van der Waals surface area contributed by atoms with E-state index in [0.717, 1.165) is 6.92 Å². The second-order valence-electron chi connectivity index (χ2n) is 5.40. The van der Waals surface area contributed by atoms with Crippen LogP contribution in [0.3, 0.4) is 0 Å². The topological polar surface area (TPSA) is 126 Å². The monoisotopic (exact) mass is 328 g/mol. The highest BCUT2D eigenvalue weighted by Crippen LogP contribution is 2.34. The molecule has 8 nitrogen and oxygen atoms in total. The Morgan fingerprint density at radius 3 is 2.43 bits per heavy atom. The third-order valence-electron chi connectivity index (χ3n) is 3.63. The van der Waals surface area contributed by atoms with Crippen molar-refractivity contribution >= 4 is 5.97 Å². The molecule has 1 aromatic carbocycles. The summed E-state index contributed by atoms with van der Waals surface area (Å²) in [6.07, 6.45) is -6.17. The van der Waals surface area contributed by atoms with Gasteiger partial charge in [-0.2, -0.15) is 0 Å². The maximum absolute atomic E-state index is 11.0. The van der Waals surface area contributed by atoms with E-state index in [2.05, 4.69) is 4.89 Å². The first kappa shape index (κ1) is 17.8. The summed E-state index contributed by atoms with van der Waals surface area (Å²) in [7, 11) is 0. The summed E-state index contributed by atoms with van der Waals surface area (Å²) in [4.78, 5) is 20.5. The molecule has 0 bridgehead atoms. The molecule has 23 heavy (non-hydrogen) atoms. The Kier molecular flexibility index (Phi) is 5.69. The molecule has 2 rings (SSSR count). The predicted molar refractivity (Wildman–Crippen MR) is 75.7 cm³/mol. The minimum absolute atomic E-state index is 0.0808. The van der Waals surface area contributed by atoms with E-state index in [4.69, 9.17) is 9.62 Å². The molecule has 1 saturated heterocycles. The summed E-state index contributed by atoms with van der Waals surface area (Å²) in [5.41, 5.74) is 0.666. The zero-order chi connectivity index (χ0) is 17.0. The number of aliphatic hydroxyl groups is 4. The van der Waals surface area contributed by atoms with Crippen LogP contribution in [0.5, 0.6) is 0 Å². The van der Waals surface area contributed by atoms with Crippen molar-refractivity contribution < 1.29 is 39.7 Å². The Labute approximate surface area is 132 Å². The standard InChI is InChI=1S/C15H20O8/c1-9(17)22-23-15(7-10-5-3-2-4-6-10)14(20)13(19)12(18)11(8-16)21-15/h2-6,11-14,16,18-20H,7-8H2,1H3/t11-,12-,13+,14-,15?/m1/s1. The Hall–Kier alpha value is -1.55. The number of hydrogen-bond donors (Lipinski definition) is 4. The maximum atomic E-state index is 11.0. The van der Waals surface area contributed by atoms with Crippen LogP contribution in [0.2, 0.25) is 0 Å². The summed E-state index contributed by atoms with van der Waals surface area (Å²) in [5, 5.41) is 39.5. The van der Waals surface area contributed by atoms with Gasteiger partial charge in [0.1, 0.15) is 24.4 Å². The zero-order valence-corrected chi connectivity index (χ0v) is 12.5. The predicted octanol–water partition coefficient (Wildman–Crippen LogP) is -1.11. The van der Waals surface area contributed by atoms with Gasteiger partial charge in [-0.25, -0.2) is 4.79 Å². The Morgan fingerprint density at radius 2 is 1.87 bits per heavy atom. The summed E-state index contributed by atoms with van der Waals surface area (Å²) in [5.74, 6) is -2.74. The molecule has 0 radical (unpaired) electrons. The van der Waals surface area contributed by atoms with Gasteiger partial charge < -0.3 is 25.2 Å². The van der Waals surface area contributed by atoms with Crippen LogP contribution in [-0.2, 0) is 25.7 Å². The van der Waals surface area contributed by atoms with Crippen LogP contribution in [0, 0.1) is 0 Å². The van der Waals surface area contributed by atoms with Crippen LogP contribution < -0.4 is 0 Å². The molecule has 0 spiro atoms. The fourth-order valence-corrected chi connectivity index (χ4v) is 2.46. The first-order valence-electron chi connectivity index (χ1n) is 7.12. The first-order chi connectivity index (χ1) is 10.9. The van der Waals surface area contributed by atoms with Crippen molar-refractivity contribution in [2.24, 2.45) is 0 Å². The summed E-state index contributed by atoms with van der Waals surface area (Å²) in [6, 6.07) is 8.73. The average molecular weight is 328 g/mol. The Morgan fingerprint density at radius 1 is 1.22 bits per heavy atom. The van der Waals surface area contributed by atoms with Crippen molar-refractivity contribution in [3.63, 3.8) is 0 Å². The lowest BCUT2D eigenvalue weighted by molar-refractivity contribution is -0.459. The molecule has 1 fully saturated rings. The van der Waals surface area contributed by atoms with E-state index < -0.39 is 42.8 Å². The van der Waals surface area contributed by atoms with E-state index in [1.54, 1.807) is 30.3 Å². The van der Waals surface area contributed by atoms with Crippen molar-refractivity contribution in [1.82, 2.24) is 0 Å². The van der Waals surface area contributed by atoms with E-state index in [9.17, 15) is 25.2 Å². The smallest absolute Gasteiger partial charge is 0.339 e. The van der Waals surface area contributed by atoms with Gasteiger partial charge in [0, 0.05) is 13.3 Å². The minimum Gasteiger partial charge on any atom is -0.394 e. The van der Waals surface area contributed by atoms with Gasteiger partial charge in [0.25, 0.3) is 0 Å². The highest BCUT2D eigenvalue weighted by Gasteiger charge is 2.56. The van der Waals surface area contributed by atoms with E-state index >= 15 is 0 Å². The van der Waals surface area contributed by atoms with Crippen molar-refractivity contribution in [3.8, 4) is 0 Å². The number of hydrogen-bond acceptors (Lipinski definition) is 8.